The summed E-state index contributed by atoms with van der Waals surface area (Å²) in [6, 6.07) is 5.46. The lowest BCUT2D eigenvalue weighted by Crippen LogP contribution is -2.29. The third-order valence-corrected chi connectivity index (χ3v) is 5.32. The Morgan fingerprint density at radius 1 is 1.36 bits per heavy atom. The van der Waals surface area contributed by atoms with E-state index in [1.807, 2.05) is 12.1 Å². The Balaban J connectivity index is 0.00000176. The second kappa shape index (κ2) is 7.66. The van der Waals surface area contributed by atoms with Crippen molar-refractivity contribution in [3.63, 3.8) is 0 Å². The highest BCUT2D eigenvalue weighted by Crippen LogP contribution is 2.36. The van der Waals surface area contributed by atoms with Crippen LogP contribution >= 0.6 is 46.9 Å². The Labute approximate surface area is 149 Å². The molecule has 0 saturated carbocycles. The molecule has 0 spiro atoms. The van der Waals surface area contributed by atoms with Crippen molar-refractivity contribution >= 4 is 62.9 Å². The van der Waals surface area contributed by atoms with E-state index in [9.17, 15) is 4.79 Å². The van der Waals surface area contributed by atoms with Crippen molar-refractivity contribution in [2.75, 3.05) is 19.6 Å². The fourth-order valence-corrected chi connectivity index (χ4v) is 4.00. The first-order valence-corrected chi connectivity index (χ1v) is 8.27. The molecule has 3 nitrogen and oxygen atoms in total. The molecular formula is C15H15Cl3N2OS. The van der Waals surface area contributed by atoms with Gasteiger partial charge in [-0.3, -0.25) is 4.79 Å². The number of hydrogen-bond acceptors (Lipinski definition) is 3. The molecular weight excluding hydrogens is 363 g/mol. The fourth-order valence-electron chi connectivity index (χ4n) is 2.29. The van der Waals surface area contributed by atoms with Crippen molar-refractivity contribution in [1.82, 2.24) is 10.6 Å². The predicted molar refractivity (Wildman–Crippen MR) is 97.0 cm³/mol. The van der Waals surface area contributed by atoms with Crippen LogP contribution < -0.4 is 10.6 Å². The van der Waals surface area contributed by atoms with Gasteiger partial charge >= 0.3 is 0 Å². The molecule has 2 aromatic rings. The van der Waals surface area contributed by atoms with E-state index in [4.69, 9.17) is 23.2 Å². The minimum absolute atomic E-state index is 0. The Hall–Kier alpha value is -0.780. The van der Waals surface area contributed by atoms with Gasteiger partial charge in [0.2, 0.25) is 0 Å². The topological polar surface area (TPSA) is 41.1 Å². The van der Waals surface area contributed by atoms with Crippen molar-refractivity contribution in [1.29, 1.82) is 0 Å². The van der Waals surface area contributed by atoms with Gasteiger partial charge < -0.3 is 10.6 Å². The van der Waals surface area contributed by atoms with E-state index >= 15 is 0 Å². The number of thiophene rings is 1. The van der Waals surface area contributed by atoms with Crippen LogP contribution in [-0.4, -0.2) is 25.5 Å². The lowest BCUT2D eigenvalue weighted by molar-refractivity contribution is 0.0961. The maximum absolute atomic E-state index is 12.3. The highest BCUT2D eigenvalue weighted by molar-refractivity contribution is 7.21. The van der Waals surface area contributed by atoms with Crippen LogP contribution in [0.15, 0.2) is 29.8 Å². The first kappa shape index (κ1) is 17.6. The van der Waals surface area contributed by atoms with Gasteiger partial charge in [0.05, 0.1) is 5.02 Å². The molecule has 0 bridgehead atoms. The fraction of sp³-hybridized carbons (Fsp3) is 0.267. The number of carbonyl (C=O) groups excluding carboxylic acids is 1. The van der Waals surface area contributed by atoms with E-state index in [0.717, 1.165) is 29.6 Å². The van der Waals surface area contributed by atoms with E-state index in [0.29, 0.717) is 21.5 Å². The normalized spacial score (nSPS) is 14.4. The van der Waals surface area contributed by atoms with Gasteiger partial charge in [0, 0.05) is 28.2 Å². The molecule has 2 N–H and O–H groups in total. The van der Waals surface area contributed by atoms with E-state index in [1.54, 1.807) is 6.07 Å². The van der Waals surface area contributed by atoms with Gasteiger partial charge in [0.1, 0.15) is 4.88 Å². The molecule has 1 amide bonds. The van der Waals surface area contributed by atoms with Gasteiger partial charge in [0.15, 0.2) is 0 Å². The van der Waals surface area contributed by atoms with E-state index in [-0.39, 0.29) is 18.3 Å². The molecule has 1 aliphatic heterocycles. The Morgan fingerprint density at radius 3 is 2.91 bits per heavy atom. The van der Waals surface area contributed by atoms with Gasteiger partial charge in [0.25, 0.3) is 5.91 Å². The summed E-state index contributed by atoms with van der Waals surface area (Å²) in [6.45, 7) is 2.41. The summed E-state index contributed by atoms with van der Waals surface area (Å²) in [4.78, 5) is 12.8. The van der Waals surface area contributed by atoms with Crippen molar-refractivity contribution in [2.24, 2.45) is 0 Å². The van der Waals surface area contributed by atoms with E-state index in [2.05, 4.69) is 16.7 Å². The lowest BCUT2D eigenvalue weighted by atomic mass is 10.1. The van der Waals surface area contributed by atoms with Crippen LogP contribution in [0.1, 0.15) is 16.1 Å². The molecule has 1 aromatic heterocycles. The van der Waals surface area contributed by atoms with Crippen molar-refractivity contribution in [2.45, 2.75) is 6.42 Å². The van der Waals surface area contributed by atoms with Gasteiger partial charge in [-0.1, -0.05) is 40.9 Å². The largest absolute Gasteiger partial charge is 0.348 e. The number of benzene rings is 1. The lowest BCUT2D eigenvalue weighted by Gasteiger charge is -2.14. The SMILES string of the molecule is Cl.O=C(NCC1=CCNCC1)c1sc2cc(Cl)ccc2c1Cl. The van der Waals surface area contributed by atoms with E-state index < -0.39 is 0 Å². The Bertz CT molecular complexity index is 727. The van der Waals surface area contributed by atoms with Crippen LogP contribution in [0.4, 0.5) is 0 Å². The highest BCUT2D eigenvalue weighted by atomic mass is 35.5. The standard InChI is InChI=1S/C15H14Cl2N2OS.ClH/c16-10-1-2-11-12(7-10)21-14(13(11)17)15(20)19-8-9-3-5-18-6-4-9;/h1-3,7,18H,4-6,8H2,(H,19,20);1H. The molecule has 0 fully saturated rings. The number of amides is 1. The maximum atomic E-state index is 12.3. The molecule has 0 saturated heterocycles. The van der Waals surface area contributed by atoms with Crippen LogP contribution in [-0.2, 0) is 0 Å². The molecule has 1 aromatic carbocycles. The minimum Gasteiger partial charge on any atom is -0.348 e. The smallest absolute Gasteiger partial charge is 0.263 e. The molecule has 118 valence electrons. The second-order valence-corrected chi connectivity index (χ2v) is 6.75. The Morgan fingerprint density at radius 2 is 2.18 bits per heavy atom. The maximum Gasteiger partial charge on any atom is 0.263 e. The molecule has 7 heteroatoms. The number of carbonyl (C=O) groups is 1. The zero-order valence-corrected chi connectivity index (χ0v) is 14.8. The molecule has 0 aliphatic carbocycles. The predicted octanol–water partition coefficient (Wildman–Crippen LogP) is 4.28. The van der Waals surface area contributed by atoms with Crippen LogP contribution in [0.3, 0.4) is 0 Å². The Kier molecular flexibility index (Phi) is 6.12. The number of nitrogens with one attached hydrogen (secondary N) is 2. The quantitative estimate of drug-likeness (QED) is 0.784. The van der Waals surface area contributed by atoms with Crippen molar-refractivity contribution in [3.8, 4) is 0 Å². The zero-order valence-electron chi connectivity index (χ0n) is 11.6. The molecule has 2 heterocycles. The average Bonchev–Trinajstić information content (AvgIpc) is 2.82. The third kappa shape index (κ3) is 3.76. The summed E-state index contributed by atoms with van der Waals surface area (Å²) in [6.07, 6.45) is 3.09. The molecule has 1 aliphatic rings. The molecule has 3 rings (SSSR count). The number of rotatable bonds is 3. The summed E-state index contributed by atoms with van der Waals surface area (Å²) in [7, 11) is 0. The van der Waals surface area contributed by atoms with Crippen LogP contribution in [0.5, 0.6) is 0 Å². The molecule has 0 atom stereocenters. The monoisotopic (exact) mass is 376 g/mol. The molecule has 22 heavy (non-hydrogen) atoms. The zero-order chi connectivity index (χ0) is 14.8. The number of fused-ring (bicyclic) bond motifs is 1. The van der Waals surface area contributed by atoms with Gasteiger partial charge in [-0.2, -0.15) is 0 Å². The van der Waals surface area contributed by atoms with Gasteiger partial charge in [-0.05, 0) is 25.1 Å². The van der Waals surface area contributed by atoms with Gasteiger partial charge in [-0.25, -0.2) is 0 Å². The van der Waals surface area contributed by atoms with Crippen LogP contribution in [0, 0.1) is 0 Å². The summed E-state index contributed by atoms with van der Waals surface area (Å²) < 4.78 is 0.929. The first-order valence-electron chi connectivity index (χ1n) is 6.69. The summed E-state index contributed by atoms with van der Waals surface area (Å²) in [5, 5.41) is 8.21. The molecule has 0 radical (unpaired) electrons. The molecule has 0 unspecified atom stereocenters. The minimum atomic E-state index is -0.128. The third-order valence-electron chi connectivity index (χ3n) is 3.43. The summed E-state index contributed by atoms with van der Waals surface area (Å²) >= 11 is 13.7. The number of halogens is 3. The first-order chi connectivity index (χ1) is 10.1. The van der Waals surface area contributed by atoms with Gasteiger partial charge in [-0.15, -0.1) is 23.7 Å². The second-order valence-electron chi connectivity index (χ2n) is 4.88. The average molecular weight is 378 g/mol. The van der Waals surface area contributed by atoms with Crippen LogP contribution in [0.2, 0.25) is 10.0 Å². The van der Waals surface area contributed by atoms with E-state index in [1.165, 1.54) is 16.9 Å². The van der Waals surface area contributed by atoms with Crippen molar-refractivity contribution < 1.29 is 4.79 Å². The highest BCUT2D eigenvalue weighted by Gasteiger charge is 2.17. The van der Waals surface area contributed by atoms with Crippen LogP contribution in [0.25, 0.3) is 10.1 Å². The summed E-state index contributed by atoms with van der Waals surface area (Å²) in [5.74, 6) is -0.128. The summed E-state index contributed by atoms with van der Waals surface area (Å²) in [5.41, 5.74) is 1.25. The van der Waals surface area contributed by atoms with Crippen molar-refractivity contribution in [3.05, 3.63) is 44.8 Å². The number of hydrogen-bond donors (Lipinski definition) is 2.